The highest BCUT2D eigenvalue weighted by molar-refractivity contribution is 6.26. The molecule has 2 bridgehead atoms. The fourth-order valence-electron chi connectivity index (χ4n) is 6.03. The summed E-state index contributed by atoms with van der Waals surface area (Å²) in [5, 5.41) is 29.6. The number of nitrogens with zero attached hydrogens (tertiary/aromatic N) is 3. The van der Waals surface area contributed by atoms with E-state index in [2.05, 4.69) is 12.1 Å². The van der Waals surface area contributed by atoms with Crippen LogP contribution in [0.25, 0.3) is 10.8 Å². The second-order valence-corrected chi connectivity index (χ2v) is 8.62. The highest BCUT2D eigenvalue weighted by Crippen LogP contribution is 2.64. The standard InChI is InChI=1S/C24H21N3O4/c25-12-3-8-23-9-10-24(31-23,11-13-28)20-19(23)21(29)27(22(20)30)18-7-6-15(14-26)16-4-1-2-5-17(16)18/h1-2,4-7,19-20,28H,3,8-11,13H2/t19-,20+,23+,24+/m0/s1. The smallest absolute Gasteiger partial charge is 0.240 e. The number of carbonyl (C=O) groups is 2. The van der Waals surface area contributed by atoms with E-state index in [1.807, 2.05) is 12.1 Å². The van der Waals surface area contributed by atoms with Gasteiger partial charge in [0.05, 0.1) is 46.4 Å². The molecule has 2 amide bonds. The Hall–Kier alpha value is -3.26. The molecule has 156 valence electrons. The molecule has 3 aliphatic rings. The molecule has 5 rings (SSSR count). The van der Waals surface area contributed by atoms with Gasteiger partial charge in [0.1, 0.15) is 0 Å². The summed E-state index contributed by atoms with van der Waals surface area (Å²) < 4.78 is 6.38. The van der Waals surface area contributed by atoms with E-state index in [1.54, 1.807) is 24.3 Å². The number of aliphatic hydroxyl groups is 1. The monoisotopic (exact) mass is 415 g/mol. The Labute approximate surface area is 179 Å². The molecule has 2 aromatic carbocycles. The van der Waals surface area contributed by atoms with Gasteiger partial charge in [-0.15, -0.1) is 0 Å². The van der Waals surface area contributed by atoms with Crippen LogP contribution in [0.5, 0.6) is 0 Å². The second kappa shape index (κ2) is 6.88. The van der Waals surface area contributed by atoms with E-state index in [4.69, 9.17) is 10.00 Å². The first-order valence-electron chi connectivity index (χ1n) is 10.5. The molecule has 0 saturated carbocycles. The number of hydrogen-bond acceptors (Lipinski definition) is 6. The van der Waals surface area contributed by atoms with E-state index in [-0.39, 0.29) is 31.3 Å². The molecular formula is C24H21N3O4. The summed E-state index contributed by atoms with van der Waals surface area (Å²) in [4.78, 5) is 28.7. The maximum Gasteiger partial charge on any atom is 0.240 e. The third-order valence-electron chi connectivity index (χ3n) is 7.28. The number of hydrogen-bond donors (Lipinski definition) is 1. The van der Waals surface area contributed by atoms with Crippen LogP contribution in [0.1, 0.15) is 37.7 Å². The number of anilines is 1. The first-order valence-corrected chi connectivity index (χ1v) is 10.5. The number of benzene rings is 2. The van der Waals surface area contributed by atoms with Crippen LogP contribution in [0, 0.1) is 34.5 Å². The van der Waals surface area contributed by atoms with Gasteiger partial charge in [0.2, 0.25) is 11.8 Å². The van der Waals surface area contributed by atoms with Crippen molar-refractivity contribution in [1.82, 2.24) is 0 Å². The number of fused-ring (bicyclic) bond motifs is 6. The quantitative estimate of drug-likeness (QED) is 0.751. The Morgan fingerprint density at radius 2 is 1.65 bits per heavy atom. The van der Waals surface area contributed by atoms with Crippen molar-refractivity contribution in [3.05, 3.63) is 42.0 Å². The maximum atomic E-state index is 13.7. The van der Waals surface area contributed by atoms with E-state index < -0.39 is 23.0 Å². The third kappa shape index (κ3) is 2.51. The van der Waals surface area contributed by atoms with Gasteiger partial charge in [-0.2, -0.15) is 10.5 Å². The van der Waals surface area contributed by atoms with Gasteiger partial charge in [-0.3, -0.25) is 9.59 Å². The minimum atomic E-state index is -0.876. The molecule has 7 heteroatoms. The van der Waals surface area contributed by atoms with Gasteiger partial charge in [0, 0.05) is 30.2 Å². The molecule has 3 aliphatic heterocycles. The summed E-state index contributed by atoms with van der Waals surface area (Å²) in [5.41, 5.74) is -0.782. The lowest BCUT2D eigenvalue weighted by atomic mass is 9.65. The molecule has 3 heterocycles. The fraction of sp³-hybridized carbons (Fsp3) is 0.417. The largest absolute Gasteiger partial charge is 0.396 e. The predicted octanol–water partition coefficient (Wildman–Crippen LogP) is 2.80. The van der Waals surface area contributed by atoms with Crippen molar-refractivity contribution in [1.29, 1.82) is 10.5 Å². The Balaban J connectivity index is 1.65. The zero-order chi connectivity index (χ0) is 21.8. The third-order valence-corrected chi connectivity index (χ3v) is 7.28. The van der Waals surface area contributed by atoms with Gasteiger partial charge in [-0.1, -0.05) is 24.3 Å². The molecule has 31 heavy (non-hydrogen) atoms. The second-order valence-electron chi connectivity index (χ2n) is 8.62. The van der Waals surface area contributed by atoms with Gasteiger partial charge in [0.15, 0.2) is 0 Å². The van der Waals surface area contributed by atoms with Crippen molar-refractivity contribution < 1.29 is 19.4 Å². The molecule has 0 unspecified atom stereocenters. The van der Waals surface area contributed by atoms with Crippen molar-refractivity contribution in [3.8, 4) is 12.1 Å². The summed E-state index contributed by atoms with van der Waals surface area (Å²) in [5.74, 6) is -1.98. The van der Waals surface area contributed by atoms with E-state index in [0.29, 0.717) is 41.3 Å². The lowest BCUT2D eigenvalue weighted by molar-refractivity contribution is -0.132. The molecule has 2 aromatic rings. The molecule has 0 radical (unpaired) electrons. The predicted molar refractivity (Wildman–Crippen MR) is 110 cm³/mol. The van der Waals surface area contributed by atoms with Crippen LogP contribution in [0.3, 0.4) is 0 Å². The molecule has 4 atom stereocenters. The lowest BCUT2D eigenvalue weighted by Crippen LogP contribution is -2.43. The number of imide groups is 1. The van der Waals surface area contributed by atoms with Crippen LogP contribution in [0.4, 0.5) is 5.69 Å². The summed E-state index contributed by atoms with van der Waals surface area (Å²) in [6, 6.07) is 14.8. The van der Waals surface area contributed by atoms with Crippen LogP contribution in [0.2, 0.25) is 0 Å². The topological polar surface area (TPSA) is 114 Å². The van der Waals surface area contributed by atoms with E-state index in [0.717, 1.165) is 0 Å². The number of ether oxygens (including phenoxy) is 1. The van der Waals surface area contributed by atoms with Gasteiger partial charge in [0.25, 0.3) is 0 Å². The Morgan fingerprint density at radius 1 is 1.00 bits per heavy atom. The summed E-state index contributed by atoms with van der Waals surface area (Å²) in [6.45, 7) is -0.140. The van der Waals surface area contributed by atoms with E-state index in [9.17, 15) is 20.0 Å². The van der Waals surface area contributed by atoms with Gasteiger partial charge >= 0.3 is 0 Å². The fourth-order valence-corrected chi connectivity index (χ4v) is 6.03. The summed E-state index contributed by atoms with van der Waals surface area (Å²) in [7, 11) is 0. The van der Waals surface area contributed by atoms with Crippen LogP contribution < -0.4 is 4.90 Å². The molecular weight excluding hydrogens is 394 g/mol. The van der Waals surface area contributed by atoms with Crippen molar-refractivity contribution in [2.45, 2.75) is 43.3 Å². The maximum absolute atomic E-state index is 13.7. The highest BCUT2D eigenvalue weighted by Gasteiger charge is 2.74. The van der Waals surface area contributed by atoms with Gasteiger partial charge in [-0.05, 0) is 31.4 Å². The van der Waals surface area contributed by atoms with Crippen molar-refractivity contribution >= 4 is 28.3 Å². The average molecular weight is 415 g/mol. The number of amides is 2. The molecule has 0 spiro atoms. The first-order chi connectivity index (χ1) is 15.0. The van der Waals surface area contributed by atoms with Gasteiger partial charge in [-0.25, -0.2) is 4.90 Å². The summed E-state index contributed by atoms with van der Waals surface area (Å²) >= 11 is 0. The number of carbonyl (C=O) groups excluding carboxylic acids is 2. The Bertz CT molecular complexity index is 1200. The van der Waals surface area contributed by atoms with Crippen LogP contribution in [0.15, 0.2) is 36.4 Å². The Kier molecular flexibility index (Phi) is 4.37. The van der Waals surface area contributed by atoms with Crippen LogP contribution in [-0.2, 0) is 14.3 Å². The minimum Gasteiger partial charge on any atom is -0.396 e. The highest BCUT2D eigenvalue weighted by atomic mass is 16.5. The zero-order valence-corrected chi connectivity index (χ0v) is 16.9. The van der Waals surface area contributed by atoms with Gasteiger partial charge < -0.3 is 9.84 Å². The SMILES string of the molecule is N#CCC[C@]12CC[C@](CCO)(O1)[C@H]1C(=O)N(c3ccc(C#N)c4ccccc34)C(=O)[C@H]12. The van der Waals surface area contributed by atoms with E-state index >= 15 is 0 Å². The van der Waals surface area contributed by atoms with E-state index in [1.165, 1.54) is 4.90 Å². The molecule has 3 saturated heterocycles. The molecule has 0 aliphatic carbocycles. The molecule has 3 fully saturated rings. The van der Waals surface area contributed by atoms with Crippen LogP contribution in [-0.4, -0.2) is 34.7 Å². The molecule has 7 nitrogen and oxygen atoms in total. The van der Waals surface area contributed by atoms with Crippen molar-refractivity contribution in [2.75, 3.05) is 11.5 Å². The lowest BCUT2D eigenvalue weighted by Gasteiger charge is -2.31. The minimum absolute atomic E-state index is 0.140. The average Bonchev–Trinajstić information content (AvgIpc) is 3.38. The number of aliphatic hydroxyl groups excluding tert-OH is 1. The van der Waals surface area contributed by atoms with Crippen LogP contribution >= 0.6 is 0 Å². The molecule has 1 N–H and O–H groups in total. The summed E-state index contributed by atoms with van der Waals surface area (Å²) in [6.07, 6.45) is 2.08. The number of nitriles is 2. The first kappa shape index (κ1) is 19.7. The normalized spacial score (nSPS) is 31.1. The Morgan fingerprint density at radius 3 is 2.26 bits per heavy atom. The van der Waals surface area contributed by atoms with Crippen molar-refractivity contribution in [3.63, 3.8) is 0 Å². The molecule has 0 aromatic heterocycles. The number of rotatable bonds is 5. The zero-order valence-electron chi connectivity index (χ0n) is 16.9. The van der Waals surface area contributed by atoms with Crippen molar-refractivity contribution in [2.24, 2.45) is 11.8 Å².